The summed E-state index contributed by atoms with van der Waals surface area (Å²) in [4.78, 5) is 2.21. The third-order valence-electron chi connectivity index (χ3n) is 6.52. The molecule has 0 fully saturated rings. The Hall–Kier alpha value is -2.52. The van der Waals surface area contributed by atoms with E-state index in [2.05, 4.69) is 127 Å². The van der Waals surface area contributed by atoms with Crippen molar-refractivity contribution in [2.45, 2.75) is 51.9 Å². The minimum absolute atomic E-state index is 0. The fraction of sp³-hybridized carbons (Fsp3) is 0.333. The van der Waals surface area contributed by atoms with Crippen LogP contribution in [-0.2, 0) is 30.5 Å². The second-order valence-electron chi connectivity index (χ2n) is 12.6. The van der Waals surface area contributed by atoms with E-state index < -0.39 is 18.0 Å². The molecular formula is C36H48N2O3PPdS+. The molecule has 0 atom stereocenters. The Bertz CT molecular complexity index is 1530. The summed E-state index contributed by atoms with van der Waals surface area (Å²) in [5.41, 5.74) is 7.27. The van der Waals surface area contributed by atoms with Crippen molar-refractivity contribution >= 4 is 34.7 Å². The molecule has 4 rings (SSSR count). The Morgan fingerprint density at radius 3 is 1.66 bits per heavy atom. The molecule has 0 bridgehead atoms. The number of nitrogens with zero attached hydrogens (tertiary/aromatic N) is 2. The van der Waals surface area contributed by atoms with Crippen LogP contribution in [0.1, 0.15) is 41.5 Å². The van der Waals surface area contributed by atoms with Gasteiger partial charge in [-0.15, -0.1) is 48.5 Å². The molecule has 0 aliphatic rings. The van der Waals surface area contributed by atoms with E-state index in [1.807, 2.05) is 49.5 Å². The van der Waals surface area contributed by atoms with Crippen molar-refractivity contribution in [3.05, 3.63) is 108 Å². The SMILES string of the molecule is CN(C)c1ccccc1-c1ccccc1[PH+](C(C)(C)C)C(C)(C)C.CS(=O)(=O)O.C[N-]c1ccccc1-c1[c-]cccc1.[Pd+2]. The van der Waals surface area contributed by atoms with Crippen molar-refractivity contribution < 1.29 is 33.4 Å². The van der Waals surface area contributed by atoms with Crippen molar-refractivity contribution in [3.63, 3.8) is 0 Å². The standard InChI is InChI=1S/C22H32NP.C13H11N.CH4O3S.Pd/c1-21(2,3)24(22(4,5)6)20-16-12-10-14-18(20)17-13-9-11-15-19(17)23(7)8;1-14-13-10-6-5-9-12(13)11-7-3-2-4-8-11;1-5(2,3)4;/h9-16H,1-8H3;2-7,9-10H,1H3;1H3,(H,2,3,4);/q;-2;;+2/p+1. The van der Waals surface area contributed by atoms with Crippen molar-refractivity contribution in [2.24, 2.45) is 0 Å². The van der Waals surface area contributed by atoms with Crippen LogP contribution in [0.2, 0.25) is 0 Å². The number of hydrogen-bond donors (Lipinski definition) is 1. The summed E-state index contributed by atoms with van der Waals surface area (Å²) in [7, 11) is 1.60. The first-order valence-corrected chi connectivity index (χ1v) is 17.6. The fourth-order valence-corrected chi connectivity index (χ4v) is 10.0. The van der Waals surface area contributed by atoms with Gasteiger partial charge < -0.3 is 10.2 Å². The number of rotatable bonds is 5. The summed E-state index contributed by atoms with van der Waals surface area (Å²) in [5, 5.41) is 6.37. The van der Waals surface area contributed by atoms with E-state index in [1.165, 1.54) is 16.8 Å². The molecule has 240 valence electrons. The van der Waals surface area contributed by atoms with Crippen LogP contribution in [0, 0.1) is 6.07 Å². The molecule has 0 radical (unpaired) electrons. The van der Waals surface area contributed by atoms with E-state index in [4.69, 9.17) is 4.55 Å². The molecule has 8 heteroatoms. The average molecular weight is 726 g/mol. The van der Waals surface area contributed by atoms with Crippen LogP contribution in [0.5, 0.6) is 0 Å². The maximum atomic E-state index is 9.19. The fourth-order valence-electron chi connectivity index (χ4n) is 5.42. The van der Waals surface area contributed by atoms with Crippen LogP contribution in [-0.4, -0.2) is 50.7 Å². The number of hydrogen-bond acceptors (Lipinski definition) is 3. The molecular weight excluding hydrogens is 678 g/mol. The van der Waals surface area contributed by atoms with Crippen molar-refractivity contribution in [3.8, 4) is 22.3 Å². The van der Waals surface area contributed by atoms with Crippen molar-refractivity contribution in [2.75, 3.05) is 32.3 Å². The van der Waals surface area contributed by atoms with Crippen molar-refractivity contribution in [1.29, 1.82) is 0 Å². The van der Waals surface area contributed by atoms with Crippen LogP contribution >= 0.6 is 7.92 Å². The van der Waals surface area contributed by atoms with Crippen LogP contribution in [0.3, 0.4) is 0 Å². The van der Waals surface area contributed by atoms with E-state index in [0.29, 0.717) is 16.6 Å². The summed E-state index contributed by atoms with van der Waals surface area (Å²) in [5.74, 6) is 0. The van der Waals surface area contributed by atoms with Gasteiger partial charge in [-0.1, -0.05) is 60.7 Å². The topological polar surface area (TPSA) is 71.7 Å². The third kappa shape index (κ3) is 12.5. The quantitative estimate of drug-likeness (QED) is 0.0965. The van der Waals surface area contributed by atoms with Gasteiger partial charge in [0.05, 0.1) is 16.6 Å². The van der Waals surface area contributed by atoms with Gasteiger partial charge in [0.25, 0.3) is 10.1 Å². The average Bonchev–Trinajstić information content (AvgIpc) is 2.92. The molecule has 0 spiro atoms. The first-order chi connectivity index (χ1) is 19.9. The molecule has 4 aromatic carbocycles. The van der Waals surface area contributed by atoms with Gasteiger partial charge in [0.2, 0.25) is 0 Å². The van der Waals surface area contributed by atoms with Gasteiger partial charge in [-0.3, -0.25) is 4.55 Å². The van der Waals surface area contributed by atoms with Crippen LogP contribution in [0.25, 0.3) is 27.6 Å². The number of benzene rings is 4. The van der Waals surface area contributed by atoms with Crippen LogP contribution in [0.4, 0.5) is 11.4 Å². The van der Waals surface area contributed by atoms with Crippen molar-refractivity contribution in [1.82, 2.24) is 0 Å². The van der Waals surface area contributed by atoms with Gasteiger partial charge in [0, 0.05) is 38.8 Å². The molecule has 0 aliphatic carbocycles. The zero-order valence-electron chi connectivity index (χ0n) is 27.6. The normalized spacial score (nSPS) is 11.3. The molecule has 0 saturated carbocycles. The smallest absolute Gasteiger partial charge is 0.694 e. The van der Waals surface area contributed by atoms with E-state index in [1.54, 1.807) is 5.30 Å². The first-order valence-electron chi connectivity index (χ1n) is 14.3. The largest absolute Gasteiger partial charge is 2.00 e. The monoisotopic (exact) mass is 725 g/mol. The van der Waals surface area contributed by atoms with Crippen LogP contribution in [0.15, 0.2) is 97.1 Å². The zero-order chi connectivity index (χ0) is 32.4. The minimum atomic E-state index is -3.67. The van der Waals surface area contributed by atoms with Gasteiger partial charge in [-0.05, 0) is 53.7 Å². The molecule has 0 unspecified atom stereocenters. The van der Waals surface area contributed by atoms with Crippen LogP contribution < -0.4 is 10.2 Å². The molecule has 1 N–H and O–H groups in total. The molecule has 44 heavy (non-hydrogen) atoms. The molecule has 5 nitrogen and oxygen atoms in total. The molecule has 0 aromatic heterocycles. The van der Waals surface area contributed by atoms with E-state index in [-0.39, 0.29) is 20.4 Å². The van der Waals surface area contributed by atoms with Gasteiger partial charge in [-0.2, -0.15) is 14.1 Å². The van der Waals surface area contributed by atoms with Gasteiger partial charge in [-0.25, -0.2) is 0 Å². The molecule has 0 aliphatic heterocycles. The van der Waals surface area contributed by atoms with E-state index in [9.17, 15) is 8.42 Å². The first kappa shape index (κ1) is 39.5. The third-order valence-corrected chi connectivity index (χ3v) is 10.5. The second-order valence-corrected chi connectivity index (χ2v) is 18.3. The van der Waals surface area contributed by atoms with Gasteiger partial charge in [0.15, 0.2) is 0 Å². The predicted molar refractivity (Wildman–Crippen MR) is 191 cm³/mol. The summed E-state index contributed by atoms with van der Waals surface area (Å²) in [6.07, 6.45) is 0.715. The molecule has 0 saturated heterocycles. The van der Waals surface area contributed by atoms with E-state index >= 15 is 0 Å². The Balaban J connectivity index is 0.000000408. The molecule has 4 aromatic rings. The Morgan fingerprint density at radius 2 is 1.18 bits per heavy atom. The summed E-state index contributed by atoms with van der Waals surface area (Å²) < 4.78 is 25.9. The number of para-hydroxylation sites is 2. The summed E-state index contributed by atoms with van der Waals surface area (Å²) >= 11 is 0. The van der Waals surface area contributed by atoms with E-state index in [0.717, 1.165) is 16.8 Å². The molecule has 0 amide bonds. The maximum absolute atomic E-state index is 9.19. The summed E-state index contributed by atoms with van der Waals surface area (Å²) in [6, 6.07) is 37.0. The summed E-state index contributed by atoms with van der Waals surface area (Å²) in [6.45, 7) is 14.4. The van der Waals surface area contributed by atoms with Gasteiger partial charge in [0.1, 0.15) is 5.30 Å². The van der Waals surface area contributed by atoms with Gasteiger partial charge >= 0.3 is 20.4 Å². The second kappa shape index (κ2) is 17.3. The Kier molecular flexibility index (Phi) is 15.5. The Morgan fingerprint density at radius 1 is 0.727 bits per heavy atom. The number of anilines is 1. The predicted octanol–water partition coefficient (Wildman–Crippen LogP) is 9.15. The minimum Gasteiger partial charge on any atom is -0.694 e. The maximum Gasteiger partial charge on any atom is 2.00 e. The zero-order valence-corrected chi connectivity index (χ0v) is 31.0. The molecule has 0 heterocycles. The Labute approximate surface area is 281 Å².